The van der Waals surface area contributed by atoms with E-state index >= 15 is 0 Å². The molecule has 0 heterocycles. The van der Waals surface area contributed by atoms with Crippen molar-refractivity contribution in [3.05, 3.63) is 39.9 Å². The Kier molecular flexibility index (Phi) is 3.73. The van der Waals surface area contributed by atoms with Crippen LogP contribution < -0.4 is 5.73 Å². The highest BCUT2D eigenvalue weighted by molar-refractivity contribution is 5.33. The minimum absolute atomic E-state index is 0.0319. The van der Waals surface area contributed by atoms with Gasteiger partial charge in [0, 0.05) is 12.1 Å². The molecule has 0 spiro atoms. The first-order valence-corrected chi connectivity index (χ1v) is 4.42. The molecule has 6 heteroatoms. The summed E-state index contributed by atoms with van der Waals surface area (Å²) in [6, 6.07) is 4.99. The molecule has 5 N–H and O–H groups in total. The predicted molar refractivity (Wildman–Crippen MR) is 51.8 cm³/mol. The van der Waals surface area contributed by atoms with Crippen LogP contribution in [0.4, 0.5) is 5.69 Å². The topological polar surface area (TPSA) is 111 Å². The van der Waals surface area contributed by atoms with E-state index < -0.39 is 17.1 Å². The summed E-state index contributed by atoms with van der Waals surface area (Å²) in [6.07, 6.45) is -0.907. The summed E-state index contributed by atoms with van der Waals surface area (Å²) < 4.78 is 0. The van der Waals surface area contributed by atoms with Crippen LogP contribution in [0.5, 0.6) is 0 Å². The van der Waals surface area contributed by atoms with E-state index in [9.17, 15) is 15.2 Å². The Hall–Kier alpha value is -1.50. The molecular formula is C9H13N2O4+. The fraction of sp³-hybridized carbons (Fsp3) is 0.333. The molecule has 82 valence electrons. The fourth-order valence-electron chi connectivity index (χ4n) is 1.17. The van der Waals surface area contributed by atoms with Gasteiger partial charge in [-0.2, -0.15) is 0 Å². The second kappa shape index (κ2) is 4.83. The van der Waals surface area contributed by atoms with Crippen molar-refractivity contribution >= 4 is 5.69 Å². The minimum Gasteiger partial charge on any atom is -0.390 e. The summed E-state index contributed by atoms with van der Waals surface area (Å²) in [5, 5.41) is 28.8. The summed E-state index contributed by atoms with van der Waals surface area (Å²) in [4.78, 5) is 9.85. The number of aliphatic hydroxyl groups excluding tert-OH is 2. The lowest BCUT2D eigenvalue weighted by molar-refractivity contribution is -0.444. The average Bonchev–Trinajstić information content (AvgIpc) is 2.27. The van der Waals surface area contributed by atoms with E-state index in [1.807, 2.05) is 0 Å². The quantitative estimate of drug-likeness (QED) is 0.450. The van der Waals surface area contributed by atoms with Crippen molar-refractivity contribution in [2.24, 2.45) is 0 Å². The van der Waals surface area contributed by atoms with E-state index in [0.29, 0.717) is 5.56 Å². The van der Waals surface area contributed by atoms with E-state index in [1.165, 1.54) is 24.3 Å². The molecule has 0 unspecified atom stereocenters. The number of hydrogen-bond donors (Lipinski definition) is 3. The first-order valence-electron chi connectivity index (χ1n) is 4.42. The van der Waals surface area contributed by atoms with Gasteiger partial charge in [0.2, 0.25) is 0 Å². The van der Waals surface area contributed by atoms with Crippen LogP contribution in [0.25, 0.3) is 0 Å². The van der Waals surface area contributed by atoms with Crippen LogP contribution in [0.1, 0.15) is 11.7 Å². The van der Waals surface area contributed by atoms with Crippen molar-refractivity contribution in [2.75, 3.05) is 6.61 Å². The van der Waals surface area contributed by atoms with Crippen LogP contribution in [-0.4, -0.2) is 27.8 Å². The third-order valence-electron chi connectivity index (χ3n) is 2.13. The van der Waals surface area contributed by atoms with Gasteiger partial charge in [0.1, 0.15) is 12.1 Å². The van der Waals surface area contributed by atoms with Gasteiger partial charge in [0.25, 0.3) is 5.69 Å². The monoisotopic (exact) mass is 213 g/mol. The van der Waals surface area contributed by atoms with E-state index in [0.717, 1.165) is 0 Å². The Labute approximate surface area is 86.1 Å². The van der Waals surface area contributed by atoms with E-state index in [2.05, 4.69) is 5.73 Å². The highest BCUT2D eigenvalue weighted by Gasteiger charge is 2.19. The number of rotatable bonds is 4. The lowest BCUT2D eigenvalue weighted by Crippen LogP contribution is -2.65. The maximum Gasteiger partial charge on any atom is 0.269 e. The van der Waals surface area contributed by atoms with Gasteiger partial charge in [-0.15, -0.1) is 0 Å². The predicted octanol–water partition coefficient (Wildman–Crippen LogP) is -0.769. The number of nitro benzene ring substituents is 1. The van der Waals surface area contributed by atoms with Gasteiger partial charge < -0.3 is 15.9 Å². The lowest BCUT2D eigenvalue weighted by Gasteiger charge is -2.13. The first kappa shape index (κ1) is 11.6. The average molecular weight is 213 g/mol. The number of hydrogen-bond acceptors (Lipinski definition) is 4. The molecule has 0 fully saturated rings. The molecule has 0 amide bonds. The number of non-ortho nitro benzene ring substituents is 1. The number of nitrogens with zero attached hydrogens (tertiary/aromatic N) is 1. The summed E-state index contributed by atoms with van der Waals surface area (Å²) in [7, 11) is 0. The Bertz CT molecular complexity index is 338. The van der Waals surface area contributed by atoms with Crippen molar-refractivity contribution in [1.29, 1.82) is 0 Å². The van der Waals surface area contributed by atoms with Crippen LogP contribution in [0, 0.1) is 10.1 Å². The lowest BCUT2D eigenvalue weighted by atomic mass is 10.0. The van der Waals surface area contributed by atoms with Gasteiger partial charge in [0.15, 0.2) is 0 Å². The summed E-state index contributed by atoms with van der Waals surface area (Å²) >= 11 is 0. The molecule has 15 heavy (non-hydrogen) atoms. The molecule has 6 nitrogen and oxygen atoms in total. The van der Waals surface area contributed by atoms with Crippen molar-refractivity contribution in [1.82, 2.24) is 0 Å². The number of nitro groups is 1. The third kappa shape index (κ3) is 2.72. The fourth-order valence-corrected chi connectivity index (χ4v) is 1.17. The van der Waals surface area contributed by atoms with Crippen LogP contribution >= 0.6 is 0 Å². The van der Waals surface area contributed by atoms with E-state index in [4.69, 9.17) is 5.11 Å². The molecule has 0 saturated carbocycles. The molecule has 0 aliphatic heterocycles. The molecule has 1 aromatic carbocycles. The Balaban J connectivity index is 2.84. The Morgan fingerprint density at radius 2 is 1.93 bits per heavy atom. The molecule has 0 aromatic heterocycles. The van der Waals surface area contributed by atoms with Crippen LogP contribution in [0.3, 0.4) is 0 Å². The minimum atomic E-state index is -0.907. The smallest absolute Gasteiger partial charge is 0.269 e. The second-order valence-corrected chi connectivity index (χ2v) is 3.24. The van der Waals surface area contributed by atoms with Crippen LogP contribution in [0.2, 0.25) is 0 Å². The molecule has 2 atom stereocenters. The molecule has 0 radical (unpaired) electrons. The molecule has 0 aliphatic carbocycles. The van der Waals surface area contributed by atoms with Crippen molar-refractivity contribution in [3.8, 4) is 0 Å². The largest absolute Gasteiger partial charge is 0.390 e. The van der Waals surface area contributed by atoms with Crippen LogP contribution in [0.15, 0.2) is 24.3 Å². The van der Waals surface area contributed by atoms with E-state index in [1.54, 1.807) is 0 Å². The molecular weight excluding hydrogens is 200 g/mol. The van der Waals surface area contributed by atoms with Gasteiger partial charge in [-0.05, 0) is 17.7 Å². The van der Waals surface area contributed by atoms with Crippen molar-refractivity contribution in [2.45, 2.75) is 12.1 Å². The summed E-state index contributed by atoms with van der Waals surface area (Å²) in [5.74, 6) is 0. The molecule has 1 rings (SSSR count). The zero-order chi connectivity index (χ0) is 11.4. The molecule has 0 saturated heterocycles. The van der Waals surface area contributed by atoms with Gasteiger partial charge in [-0.1, -0.05) is 0 Å². The normalized spacial score (nSPS) is 14.6. The van der Waals surface area contributed by atoms with Crippen LogP contribution in [-0.2, 0) is 0 Å². The number of aliphatic hydroxyl groups is 2. The highest BCUT2D eigenvalue weighted by atomic mass is 16.6. The molecule has 0 bridgehead atoms. The van der Waals surface area contributed by atoms with Gasteiger partial charge in [-0.3, -0.25) is 10.1 Å². The van der Waals surface area contributed by atoms with Crippen molar-refractivity contribution in [3.63, 3.8) is 0 Å². The van der Waals surface area contributed by atoms with Gasteiger partial charge >= 0.3 is 0 Å². The molecule has 0 aliphatic rings. The maximum absolute atomic E-state index is 10.4. The summed E-state index contributed by atoms with van der Waals surface area (Å²) in [6.45, 7) is -0.238. The van der Waals surface area contributed by atoms with Crippen molar-refractivity contribution < 1.29 is 20.9 Å². The SMILES string of the molecule is [NH3+][C@H](CO)[C@@H](O)c1ccc([N+](=O)[O-])cc1. The van der Waals surface area contributed by atoms with Gasteiger partial charge in [0.05, 0.1) is 11.5 Å². The second-order valence-electron chi connectivity index (χ2n) is 3.24. The zero-order valence-corrected chi connectivity index (χ0v) is 8.04. The standard InChI is InChI=1S/C9H12N2O4/c10-8(5-12)9(13)6-1-3-7(4-2-6)11(14)15/h1-4,8-9,12-13H,5,10H2/p+1/t8-,9+/m1/s1. The zero-order valence-electron chi connectivity index (χ0n) is 8.04. The Morgan fingerprint density at radius 3 is 2.33 bits per heavy atom. The first-order chi connectivity index (χ1) is 7.06. The molecule has 1 aromatic rings. The van der Waals surface area contributed by atoms with Gasteiger partial charge in [-0.25, -0.2) is 0 Å². The number of quaternary nitrogens is 1. The number of benzene rings is 1. The Morgan fingerprint density at radius 1 is 1.40 bits per heavy atom. The maximum atomic E-state index is 10.4. The summed E-state index contributed by atoms with van der Waals surface area (Å²) in [5.41, 5.74) is 4.03. The third-order valence-corrected chi connectivity index (χ3v) is 2.13. The van der Waals surface area contributed by atoms with E-state index in [-0.39, 0.29) is 12.3 Å². The highest BCUT2D eigenvalue weighted by Crippen LogP contribution is 2.18.